The van der Waals surface area contributed by atoms with E-state index in [9.17, 15) is 0 Å². The fraction of sp³-hybridized carbons (Fsp3) is 0.562. The number of aliphatic imine (C=N–C) groups is 1. The number of hydrogen-bond acceptors (Lipinski definition) is 2. The molecule has 1 unspecified atom stereocenters. The van der Waals surface area contributed by atoms with Crippen LogP contribution in [0.5, 0.6) is 5.75 Å². The average molecular weight is 405 g/mol. The van der Waals surface area contributed by atoms with E-state index in [-0.39, 0.29) is 24.0 Å². The molecular formula is C16H28IN3O. The van der Waals surface area contributed by atoms with E-state index in [1.54, 1.807) is 7.11 Å². The molecule has 0 bridgehead atoms. The maximum atomic E-state index is 5.17. The number of ether oxygens (including phenoxy) is 1. The Morgan fingerprint density at radius 3 is 2.05 bits per heavy atom. The molecule has 1 aromatic carbocycles. The van der Waals surface area contributed by atoms with Crippen LogP contribution in [-0.4, -0.2) is 57.6 Å². The maximum Gasteiger partial charge on any atom is 0.195 e. The molecule has 0 amide bonds. The summed E-state index contributed by atoms with van der Waals surface area (Å²) in [6.07, 6.45) is 1.03. The summed E-state index contributed by atoms with van der Waals surface area (Å²) in [6.45, 7) is 3.06. The molecule has 0 spiro atoms. The molecule has 0 aromatic heterocycles. The van der Waals surface area contributed by atoms with Crippen molar-refractivity contribution in [3.63, 3.8) is 0 Å². The van der Waals surface area contributed by atoms with Crippen molar-refractivity contribution in [2.45, 2.75) is 13.3 Å². The van der Waals surface area contributed by atoms with Crippen molar-refractivity contribution in [2.75, 3.05) is 41.8 Å². The summed E-state index contributed by atoms with van der Waals surface area (Å²) >= 11 is 0. The van der Waals surface area contributed by atoms with Crippen molar-refractivity contribution in [3.05, 3.63) is 29.8 Å². The van der Waals surface area contributed by atoms with Crippen LogP contribution >= 0.6 is 24.0 Å². The largest absolute Gasteiger partial charge is 0.497 e. The van der Waals surface area contributed by atoms with E-state index in [2.05, 4.69) is 19.1 Å². The number of halogens is 1. The molecule has 1 aromatic rings. The first-order chi connectivity index (χ1) is 9.43. The summed E-state index contributed by atoms with van der Waals surface area (Å²) in [6, 6.07) is 8.27. The first kappa shape index (κ1) is 20.0. The van der Waals surface area contributed by atoms with Crippen molar-refractivity contribution in [2.24, 2.45) is 10.9 Å². The summed E-state index contributed by atoms with van der Waals surface area (Å²) < 4.78 is 5.17. The van der Waals surface area contributed by atoms with E-state index < -0.39 is 0 Å². The van der Waals surface area contributed by atoms with Crippen LogP contribution in [0.25, 0.3) is 0 Å². The van der Waals surface area contributed by atoms with Crippen LogP contribution in [-0.2, 0) is 6.42 Å². The van der Waals surface area contributed by atoms with E-state index in [0.29, 0.717) is 5.92 Å². The van der Waals surface area contributed by atoms with Gasteiger partial charge in [-0.1, -0.05) is 19.1 Å². The Labute approximate surface area is 146 Å². The van der Waals surface area contributed by atoms with Gasteiger partial charge in [-0.25, -0.2) is 0 Å². The lowest BCUT2D eigenvalue weighted by atomic mass is 10.0. The van der Waals surface area contributed by atoms with Gasteiger partial charge < -0.3 is 14.5 Å². The molecule has 120 valence electrons. The minimum atomic E-state index is 0. The molecule has 0 aliphatic carbocycles. The van der Waals surface area contributed by atoms with Gasteiger partial charge in [0.2, 0.25) is 0 Å². The molecule has 0 radical (unpaired) electrons. The molecule has 5 heteroatoms. The van der Waals surface area contributed by atoms with Crippen molar-refractivity contribution in [1.82, 2.24) is 9.80 Å². The number of methoxy groups -OCH3 is 1. The van der Waals surface area contributed by atoms with E-state index in [4.69, 9.17) is 9.73 Å². The second-order valence-electron chi connectivity index (χ2n) is 5.59. The van der Waals surface area contributed by atoms with Gasteiger partial charge in [0.05, 0.1) is 7.11 Å². The fourth-order valence-electron chi connectivity index (χ4n) is 2.15. The zero-order valence-corrected chi connectivity index (χ0v) is 16.3. The Morgan fingerprint density at radius 1 is 1.10 bits per heavy atom. The van der Waals surface area contributed by atoms with E-state index in [1.165, 1.54) is 5.56 Å². The van der Waals surface area contributed by atoms with Gasteiger partial charge >= 0.3 is 0 Å². The Bertz CT molecular complexity index is 420. The molecule has 0 saturated heterocycles. The molecule has 0 aliphatic rings. The highest BCUT2D eigenvalue weighted by atomic mass is 127. The van der Waals surface area contributed by atoms with Gasteiger partial charge in [-0.2, -0.15) is 0 Å². The van der Waals surface area contributed by atoms with Crippen LogP contribution in [0.1, 0.15) is 12.5 Å². The molecule has 0 N–H and O–H groups in total. The Morgan fingerprint density at radius 2 is 1.62 bits per heavy atom. The topological polar surface area (TPSA) is 28.1 Å². The Hall–Kier alpha value is -0.980. The van der Waals surface area contributed by atoms with Crippen molar-refractivity contribution >= 4 is 29.9 Å². The minimum Gasteiger partial charge on any atom is -0.497 e. The zero-order chi connectivity index (χ0) is 15.1. The minimum absolute atomic E-state index is 0. The summed E-state index contributed by atoms with van der Waals surface area (Å²) in [5.74, 6) is 2.42. The lowest BCUT2D eigenvalue weighted by Gasteiger charge is -2.23. The monoisotopic (exact) mass is 405 g/mol. The molecule has 21 heavy (non-hydrogen) atoms. The quantitative estimate of drug-likeness (QED) is 0.429. The zero-order valence-electron chi connectivity index (χ0n) is 14.0. The number of hydrogen-bond donors (Lipinski definition) is 0. The lowest BCUT2D eigenvalue weighted by molar-refractivity contribution is 0.414. The first-order valence-corrected chi connectivity index (χ1v) is 6.96. The lowest BCUT2D eigenvalue weighted by Crippen LogP contribution is -2.35. The maximum absolute atomic E-state index is 5.17. The van der Waals surface area contributed by atoms with Gasteiger partial charge in [0, 0.05) is 34.7 Å². The molecule has 4 nitrogen and oxygen atoms in total. The van der Waals surface area contributed by atoms with E-state index in [1.807, 2.05) is 50.1 Å². The van der Waals surface area contributed by atoms with Gasteiger partial charge in [0.1, 0.15) is 5.75 Å². The third kappa shape index (κ3) is 7.02. The number of rotatable bonds is 5. The molecule has 0 saturated carbocycles. The predicted octanol–water partition coefficient (Wildman–Crippen LogP) is 2.97. The first-order valence-electron chi connectivity index (χ1n) is 6.96. The smallest absolute Gasteiger partial charge is 0.195 e. The number of nitrogens with zero attached hydrogens (tertiary/aromatic N) is 3. The third-order valence-corrected chi connectivity index (χ3v) is 3.09. The normalized spacial score (nSPS) is 11.1. The van der Waals surface area contributed by atoms with Gasteiger partial charge in [-0.05, 0) is 30.0 Å². The molecule has 0 aliphatic heterocycles. The van der Waals surface area contributed by atoms with Gasteiger partial charge in [-0.15, -0.1) is 24.0 Å². The van der Waals surface area contributed by atoms with Crippen LogP contribution in [0.15, 0.2) is 29.3 Å². The van der Waals surface area contributed by atoms with Gasteiger partial charge in [0.15, 0.2) is 5.96 Å². The summed E-state index contributed by atoms with van der Waals surface area (Å²) in [5, 5.41) is 0. The molecule has 1 rings (SSSR count). The Kier molecular flexibility index (Phi) is 9.41. The van der Waals surface area contributed by atoms with Gasteiger partial charge in [0.25, 0.3) is 0 Å². The van der Waals surface area contributed by atoms with E-state index in [0.717, 1.165) is 24.7 Å². The predicted molar refractivity (Wildman–Crippen MR) is 101 cm³/mol. The van der Waals surface area contributed by atoms with Crippen LogP contribution in [0.2, 0.25) is 0 Å². The summed E-state index contributed by atoms with van der Waals surface area (Å²) in [4.78, 5) is 8.78. The second kappa shape index (κ2) is 9.87. The number of guanidine groups is 1. The van der Waals surface area contributed by atoms with Gasteiger partial charge in [-0.3, -0.25) is 4.99 Å². The van der Waals surface area contributed by atoms with Crippen molar-refractivity contribution in [1.29, 1.82) is 0 Å². The molecular weight excluding hydrogens is 377 g/mol. The summed E-state index contributed by atoms with van der Waals surface area (Å²) in [7, 11) is 9.77. The fourth-order valence-corrected chi connectivity index (χ4v) is 2.15. The highest BCUT2D eigenvalue weighted by Gasteiger charge is 2.07. The van der Waals surface area contributed by atoms with Crippen LogP contribution in [0.3, 0.4) is 0 Å². The third-order valence-electron chi connectivity index (χ3n) is 3.09. The highest BCUT2D eigenvalue weighted by molar-refractivity contribution is 14.0. The van der Waals surface area contributed by atoms with Crippen molar-refractivity contribution < 1.29 is 4.74 Å². The van der Waals surface area contributed by atoms with E-state index >= 15 is 0 Å². The Balaban J connectivity index is 0.00000400. The number of benzene rings is 1. The SMILES string of the molecule is COc1ccc(CC(C)CN=C(N(C)C)N(C)C)cc1.I. The second-order valence-corrected chi connectivity index (χ2v) is 5.59. The van der Waals surface area contributed by atoms with Crippen LogP contribution in [0, 0.1) is 5.92 Å². The van der Waals surface area contributed by atoms with Crippen LogP contribution < -0.4 is 4.74 Å². The molecule has 0 heterocycles. The average Bonchev–Trinajstić information content (AvgIpc) is 2.39. The van der Waals surface area contributed by atoms with Crippen LogP contribution in [0.4, 0.5) is 0 Å². The summed E-state index contributed by atoms with van der Waals surface area (Å²) in [5.41, 5.74) is 1.32. The van der Waals surface area contributed by atoms with Crippen molar-refractivity contribution in [3.8, 4) is 5.75 Å². The molecule has 1 atom stereocenters. The highest BCUT2D eigenvalue weighted by Crippen LogP contribution is 2.14. The standard InChI is InChI=1S/C16H27N3O.HI/c1-13(12-17-16(18(2)3)19(4)5)11-14-7-9-15(20-6)10-8-14;/h7-10,13H,11-12H2,1-6H3;1H. The molecule has 0 fully saturated rings.